The van der Waals surface area contributed by atoms with E-state index in [4.69, 9.17) is 4.74 Å². The van der Waals surface area contributed by atoms with Crippen molar-refractivity contribution in [2.45, 2.75) is 50.3 Å². The van der Waals surface area contributed by atoms with Crippen LogP contribution in [0.5, 0.6) is 5.88 Å². The van der Waals surface area contributed by atoms with E-state index in [0.29, 0.717) is 18.5 Å². The van der Waals surface area contributed by atoms with Gasteiger partial charge in [-0.3, -0.25) is 0 Å². The summed E-state index contributed by atoms with van der Waals surface area (Å²) in [7, 11) is 0. The Labute approximate surface area is 119 Å². The third kappa shape index (κ3) is 4.56. The zero-order valence-electron chi connectivity index (χ0n) is 11.8. The summed E-state index contributed by atoms with van der Waals surface area (Å²) in [6.07, 6.45) is 9.85. The minimum absolute atomic E-state index is 0.528. The SMILES string of the molecule is CCCOc1cc(NC2CCCC(SC)C2)ncn1. The molecule has 4 nitrogen and oxygen atoms in total. The van der Waals surface area contributed by atoms with Crippen LogP contribution >= 0.6 is 11.8 Å². The topological polar surface area (TPSA) is 47.0 Å². The Balaban J connectivity index is 1.90. The number of nitrogens with one attached hydrogen (secondary N) is 1. The van der Waals surface area contributed by atoms with Crippen LogP contribution in [0.1, 0.15) is 39.0 Å². The quantitative estimate of drug-likeness (QED) is 0.866. The molecule has 0 aromatic carbocycles. The summed E-state index contributed by atoms with van der Waals surface area (Å²) >= 11 is 1.98. The van der Waals surface area contributed by atoms with Crippen molar-refractivity contribution in [2.75, 3.05) is 18.2 Å². The van der Waals surface area contributed by atoms with E-state index >= 15 is 0 Å². The first-order valence-electron chi connectivity index (χ1n) is 7.06. The lowest BCUT2D eigenvalue weighted by Gasteiger charge is -2.29. The van der Waals surface area contributed by atoms with Crippen molar-refractivity contribution in [2.24, 2.45) is 0 Å². The fourth-order valence-corrected chi connectivity index (χ4v) is 3.23. The second-order valence-electron chi connectivity index (χ2n) is 4.96. The molecule has 5 heteroatoms. The highest BCUT2D eigenvalue weighted by Crippen LogP contribution is 2.28. The number of thioether (sulfide) groups is 1. The van der Waals surface area contributed by atoms with Crippen LogP contribution in [0.3, 0.4) is 0 Å². The average molecular weight is 281 g/mol. The summed E-state index contributed by atoms with van der Waals surface area (Å²) in [5, 5.41) is 4.30. The van der Waals surface area contributed by atoms with Crippen LogP contribution in [-0.2, 0) is 0 Å². The first-order chi connectivity index (χ1) is 9.31. The number of ether oxygens (including phenoxy) is 1. The minimum atomic E-state index is 0.528. The Bertz CT molecular complexity index is 389. The molecule has 1 aliphatic rings. The predicted octanol–water partition coefficient (Wildman–Crippen LogP) is 3.35. The Morgan fingerprint density at radius 3 is 3.11 bits per heavy atom. The summed E-state index contributed by atoms with van der Waals surface area (Å²) < 4.78 is 5.53. The van der Waals surface area contributed by atoms with E-state index in [0.717, 1.165) is 17.5 Å². The zero-order valence-corrected chi connectivity index (χ0v) is 12.6. The zero-order chi connectivity index (χ0) is 13.5. The van der Waals surface area contributed by atoms with Gasteiger partial charge in [0.15, 0.2) is 0 Å². The highest BCUT2D eigenvalue weighted by atomic mass is 32.2. The van der Waals surface area contributed by atoms with Crippen molar-refractivity contribution in [3.63, 3.8) is 0 Å². The molecule has 19 heavy (non-hydrogen) atoms. The van der Waals surface area contributed by atoms with Gasteiger partial charge in [-0.2, -0.15) is 11.8 Å². The van der Waals surface area contributed by atoms with E-state index in [1.54, 1.807) is 6.33 Å². The van der Waals surface area contributed by atoms with Gasteiger partial charge in [-0.05, 0) is 31.9 Å². The number of hydrogen-bond acceptors (Lipinski definition) is 5. The van der Waals surface area contributed by atoms with Gasteiger partial charge in [-0.25, -0.2) is 9.97 Å². The predicted molar refractivity (Wildman–Crippen MR) is 81.0 cm³/mol. The molecule has 1 aromatic rings. The number of aromatic nitrogens is 2. The van der Waals surface area contributed by atoms with Gasteiger partial charge >= 0.3 is 0 Å². The monoisotopic (exact) mass is 281 g/mol. The van der Waals surface area contributed by atoms with Gasteiger partial charge in [0.2, 0.25) is 5.88 Å². The summed E-state index contributed by atoms with van der Waals surface area (Å²) in [6, 6.07) is 2.43. The van der Waals surface area contributed by atoms with Crippen LogP contribution in [0.15, 0.2) is 12.4 Å². The van der Waals surface area contributed by atoms with Crippen LogP contribution in [0, 0.1) is 0 Å². The molecule has 0 bridgehead atoms. The lowest BCUT2D eigenvalue weighted by Crippen LogP contribution is -2.28. The molecular formula is C14H23N3OS. The Kier molecular flexibility index (Phi) is 5.76. The van der Waals surface area contributed by atoms with E-state index in [1.165, 1.54) is 25.7 Å². The molecule has 0 amide bonds. The fourth-order valence-electron chi connectivity index (χ4n) is 2.40. The molecule has 2 atom stereocenters. The maximum Gasteiger partial charge on any atom is 0.218 e. The summed E-state index contributed by atoms with van der Waals surface area (Å²) in [6.45, 7) is 2.79. The van der Waals surface area contributed by atoms with Crippen LogP contribution in [0.2, 0.25) is 0 Å². The maximum atomic E-state index is 5.53. The van der Waals surface area contributed by atoms with Gasteiger partial charge in [0.1, 0.15) is 12.1 Å². The van der Waals surface area contributed by atoms with Crippen LogP contribution in [-0.4, -0.2) is 34.1 Å². The maximum absolute atomic E-state index is 5.53. The minimum Gasteiger partial charge on any atom is -0.478 e. The molecule has 106 valence electrons. The van der Waals surface area contributed by atoms with Crippen molar-refractivity contribution < 1.29 is 4.74 Å². The fraction of sp³-hybridized carbons (Fsp3) is 0.714. The Morgan fingerprint density at radius 1 is 1.42 bits per heavy atom. The molecule has 1 N–H and O–H groups in total. The number of hydrogen-bond donors (Lipinski definition) is 1. The second-order valence-corrected chi connectivity index (χ2v) is 6.09. The highest BCUT2D eigenvalue weighted by Gasteiger charge is 2.21. The molecule has 0 saturated heterocycles. The molecule has 1 fully saturated rings. The summed E-state index contributed by atoms with van der Waals surface area (Å²) in [4.78, 5) is 8.41. The molecule has 0 radical (unpaired) electrons. The van der Waals surface area contributed by atoms with E-state index in [-0.39, 0.29) is 0 Å². The number of anilines is 1. The Morgan fingerprint density at radius 2 is 2.32 bits per heavy atom. The molecule has 0 aliphatic heterocycles. The molecule has 2 unspecified atom stereocenters. The van der Waals surface area contributed by atoms with Gasteiger partial charge in [0.25, 0.3) is 0 Å². The van der Waals surface area contributed by atoms with Crippen molar-refractivity contribution in [3.8, 4) is 5.88 Å². The van der Waals surface area contributed by atoms with Crippen LogP contribution in [0.4, 0.5) is 5.82 Å². The van der Waals surface area contributed by atoms with Gasteiger partial charge in [-0.15, -0.1) is 0 Å². The second kappa shape index (κ2) is 7.58. The standard InChI is InChI=1S/C14H23N3OS/c1-3-7-18-14-9-13(15-10-16-14)17-11-5-4-6-12(8-11)19-2/h9-12H,3-8H2,1-2H3,(H,15,16,17). The molecule has 1 heterocycles. The van der Waals surface area contributed by atoms with Crippen LogP contribution < -0.4 is 10.1 Å². The molecule has 2 rings (SSSR count). The molecule has 1 saturated carbocycles. The Hall–Kier alpha value is -0.970. The molecule has 0 spiro atoms. The van der Waals surface area contributed by atoms with E-state index < -0.39 is 0 Å². The smallest absolute Gasteiger partial charge is 0.218 e. The molecule has 1 aliphatic carbocycles. The third-order valence-corrected chi connectivity index (χ3v) is 4.50. The van der Waals surface area contributed by atoms with E-state index in [1.807, 2.05) is 17.8 Å². The first-order valence-corrected chi connectivity index (χ1v) is 8.34. The number of nitrogens with zero attached hydrogens (tertiary/aromatic N) is 2. The van der Waals surface area contributed by atoms with Crippen LogP contribution in [0.25, 0.3) is 0 Å². The van der Waals surface area contributed by atoms with Crippen molar-refractivity contribution in [1.82, 2.24) is 9.97 Å². The largest absolute Gasteiger partial charge is 0.478 e. The lowest BCUT2D eigenvalue weighted by atomic mass is 9.95. The van der Waals surface area contributed by atoms with Crippen molar-refractivity contribution >= 4 is 17.6 Å². The van der Waals surface area contributed by atoms with Crippen molar-refractivity contribution in [1.29, 1.82) is 0 Å². The van der Waals surface area contributed by atoms with Gasteiger partial charge in [0.05, 0.1) is 6.61 Å². The summed E-state index contributed by atoms with van der Waals surface area (Å²) in [5.41, 5.74) is 0. The van der Waals surface area contributed by atoms with Gasteiger partial charge in [-0.1, -0.05) is 13.3 Å². The van der Waals surface area contributed by atoms with E-state index in [2.05, 4.69) is 28.5 Å². The molecule has 1 aromatic heterocycles. The van der Waals surface area contributed by atoms with E-state index in [9.17, 15) is 0 Å². The highest BCUT2D eigenvalue weighted by molar-refractivity contribution is 7.99. The first kappa shape index (κ1) is 14.4. The van der Waals surface area contributed by atoms with Gasteiger partial charge in [0, 0.05) is 17.4 Å². The third-order valence-electron chi connectivity index (χ3n) is 3.41. The van der Waals surface area contributed by atoms with Gasteiger partial charge < -0.3 is 10.1 Å². The normalized spacial score (nSPS) is 23.1. The molecular weight excluding hydrogens is 258 g/mol. The van der Waals surface area contributed by atoms with Crippen molar-refractivity contribution in [3.05, 3.63) is 12.4 Å². The summed E-state index contributed by atoms with van der Waals surface area (Å²) in [5.74, 6) is 1.55. The average Bonchev–Trinajstić information content (AvgIpc) is 2.46. The number of rotatable bonds is 6. The lowest BCUT2D eigenvalue weighted by molar-refractivity contribution is 0.305.